The fourth-order valence-corrected chi connectivity index (χ4v) is 3.16. The van der Waals surface area contributed by atoms with Crippen molar-refractivity contribution in [3.8, 4) is 0 Å². The van der Waals surface area contributed by atoms with Gasteiger partial charge in [0, 0.05) is 13.1 Å². The second-order valence-electron chi connectivity index (χ2n) is 6.41. The molecule has 0 aromatic heterocycles. The highest BCUT2D eigenvalue weighted by Crippen LogP contribution is 2.20. The molecule has 0 radical (unpaired) electrons. The van der Waals surface area contributed by atoms with E-state index in [1.54, 1.807) is 0 Å². The Balaban J connectivity index is 1.60. The van der Waals surface area contributed by atoms with Crippen molar-refractivity contribution in [3.05, 3.63) is 71.8 Å². The summed E-state index contributed by atoms with van der Waals surface area (Å²) in [6.45, 7) is 1.97. The minimum Gasteiger partial charge on any atom is -0.366 e. The summed E-state index contributed by atoms with van der Waals surface area (Å²) in [5.41, 5.74) is 2.48. The summed E-state index contributed by atoms with van der Waals surface area (Å²) in [6, 6.07) is 20.7. The van der Waals surface area contributed by atoms with Gasteiger partial charge in [0.25, 0.3) is 5.91 Å². The van der Waals surface area contributed by atoms with Crippen LogP contribution in [-0.2, 0) is 16.0 Å². The van der Waals surface area contributed by atoms with Gasteiger partial charge in [0.05, 0.1) is 12.6 Å². The quantitative estimate of drug-likeness (QED) is 0.816. The molecule has 1 aliphatic rings. The first kappa shape index (κ1) is 17.6. The number of hydrogen-bond donors (Lipinski definition) is 2. The van der Waals surface area contributed by atoms with Crippen LogP contribution in [0.2, 0.25) is 0 Å². The van der Waals surface area contributed by atoms with Crippen LogP contribution in [0.3, 0.4) is 0 Å². The van der Waals surface area contributed by atoms with Crippen LogP contribution in [0.15, 0.2) is 60.7 Å². The average Bonchev–Trinajstić information content (AvgIpc) is 2.69. The molecule has 1 fully saturated rings. The maximum absolute atomic E-state index is 12.5. The fourth-order valence-electron chi connectivity index (χ4n) is 3.16. The predicted molar refractivity (Wildman–Crippen MR) is 99.3 cm³/mol. The van der Waals surface area contributed by atoms with Crippen LogP contribution < -0.4 is 10.6 Å². The highest BCUT2D eigenvalue weighted by molar-refractivity contribution is 5.81. The summed E-state index contributed by atoms with van der Waals surface area (Å²) >= 11 is 0. The van der Waals surface area contributed by atoms with Crippen molar-refractivity contribution < 1.29 is 9.53 Å². The van der Waals surface area contributed by atoms with Gasteiger partial charge in [-0.2, -0.15) is 0 Å². The van der Waals surface area contributed by atoms with Crippen molar-refractivity contribution in [2.45, 2.75) is 31.4 Å². The first-order valence-electron chi connectivity index (χ1n) is 9.04. The topological polar surface area (TPSA) is 50.4 Å². The largest absolute Gasteiger partial charge is 0.366 e. The molecule has 0 spiro atoms. The van der Waals surface area contributed by atoms with E-state index in [0.29, 0.717) is 13.2 Å². The zero-order chi connectivity index (χ0) is 17.3. The number of nitrogens with one attached hydrogen (secondary N) is 2. The molecule has 4 heteroatoms. The van der Waals surface area contributed by atoms with Gasteiger partial charge in [-0.3, -0.25) is 4.79 Å². The van der Waals surface area contributed by atoms with E-state index >= 15 is 0 Å². The van der Waals surface area contributed by atoms with Gasteiger partial charge in [-0.1, -0.05) is 60.7 Å². The number of benzene rings is 2. The summed E-state index contributed by atoms with van der Waals surface area (Å²) in [7, 11) is 0. The van der Waals surface area contributed by atoms with Gasteiger partial charge < -0.3 is 15.4 Å². The van der Waals surface area contributed by atoms with E-state index in [9.17, 15) is 4.79 Å². The number of aryl methyl sites for hydroxylation is 1. The molecule has 132 valence electrons. The maximum Gasteiger partial charge on any atom is 0.250 e. The molecular formula is C21H26N2O2. The number of rotatable bonds is 7. The predicted octanol–water partition coefficient (Wildman–Crippen LogP) is 2.86. The summed E-state index contributed by atoms with van der Waals surface area (Å²) in [5.74, 6) is -0.0271. The van der Waals surface area contributed by atoms with Crippen molar-refractivity contribution >= 4 is 5.91 Å². The van der Waals surface area contributed by atoms with E-state index in [2.05, 4.69) is 47.0 Å². The van der Waals surface area contributed by atoms with Crippen LogP contribution in [0.4, 0.5) is 0 Å². The molecule has 3 rings (SSSR count). The van der Waals surface area contributed by atoms with Gasteiger partial charge in [-0.15, -0.1) is 0 Å². The molecule has 2 aromatic rings. The molecule has 2 atom stereocenters. The maximum atomic E-state index is 12.5. The number of hydrogen-bond acceptors (Lipinski definition) is 3. The fraction of sp³-hybridized carbons (Fsp3) is 0.381. The highest BCUT2D eigenvalue weighted by atomic mass is 16.5. The second kappa shape index (κ2) is 9.35. The molecule has 1 aliphatic heterocycles. The standard InChI is InChI=1S/C21H26N2O2/c24-21(20-16-22-14-15-25-20)23-19(18-11-5-2-6-12-18)13-7-10-17-8-3-1-4-9-17/h1-6,8-9,11-12,19-20,22H,7,10,13-16H2,(H,23,24). The second-order valence-corrected chi connectivity index (χ2v) is 6.41. The number of ether oxygens (including phenoxy) is 1. The van der Waals surface area contributed by atoms with Crippen molar-refractivity contribution in [2.24, 2.45) is 0 Å². The minimum atomic E-state index is -0.394. The lowest BCUT2D eigenvalue weighted by Gasteiger charge is -2.26. The van der Waals surface area contributed by atoms with Gasteiger partial charge in [-0.25, -0.2) is 0 Å². The van der Waals surface area contributed by atoms with Gasteiger partial charge in [0.1, 0.15) is 6.10 Å². The van der Waals surface area contributed by atoms with Crippen molar-refractivity contribution in [1.29, 1.82) is 0 Å². The van der Waals surface area contributed by atoms with E-state index < -0.39 is 6.10 Å². The van der Waals surface area contributed by atoms with Crippen LogP contribution in [0, 0.1) is 0 Å². The van der Waals surface area contributed by atoms with E-state index in [1.165, 1.54) is 5.56 Å². The Morgan fingerprint density at radius 1 is 1.12 bits per heavy atom. The summed E-state index contributed by atoms with van der Waals surface area (Å²) in [4.78, 5) is 12.5. The van der Waals surface area contributed by atoms with Crippen molar-refractivity contribution in [3.63, 3.8) is 0 Å². The van der Waals surface area contributed by atoms with Gasteiger partial charge in [-0.05, 0) is 30.4 Å². The third-order valence-electron chi connectivity index (χ3n) is 4.54. The average molecular weight is 338 g/mol. The van der Waals surface area contributed by atoms with E-state index in [4.69, 9.17) is 4.74 Å². The molecule has 0 aliphatic carbocycles. The normalized spacial score (nSPS) is 18.5. The number of carbonyl (C=O) groups excluding carboxylic acids is 1. The smallest absolute Gasteiger partial charge is 0.250 e. The summed E-state index contributed by atoms with van der Waals surface area (Å²) in [5, 5.41) is 6.39. The first-order valence-corrected chi connectivity index (χ1v) is 9.04. The lowest BCUT2D eigenvalue weighted by Crippen LogP contribution is -2.48. The molecule has 25 heavy (non-hydrogen) atoms. The van der Waals surface area contributed by atoms with Gasteiger partial charge in [0.2, 0.25) is 0 Å². The molecule has 0 bridgehead atoms. The minimum absolute atomic E-state index is 0.0166. The first-order chi connectivity index (χ1) is 12.3. The summed E-state index contributed by atoms with van der Waals surface area (Å²) in [6.07, 6.45) is 2.55. The van der Waals surface area contributed by atoms with Crippen molar-refractivity contribution in [1.82, 2.24) is 10.6 Å². The zero-order valence-corrected chi connectivity index (χ0v) is 14.5. The molecule has 4 nitrogen and oxygen atoms in total. The Hall–Kier alpha value is -2.17. The number of morpholine rings is 1. The molecule has 2 aromatic carbocycles. The van der Waals surface area contributed by atoms with E-state index in [-0.39, 0.29) is 11.9 Å². The Labute approximate surface area is 149 Å². The van der Waals surface area contributed by atoms with Crippen LogP contribution in [0.1, 0.15) is 30.0 Å². The molecule has 0 saturated carbocycles. The monoisotopic (exact) mass is 338 g/mol. The molecule has 2 N–H and O–H groups in total. The van der Waals surface area contributed by atoms with Crippen LogP contribution in [0.5, 0.6) is 0 Å². The van der Waals surface area contributed by atoms with E-state index in [0.717, 1.165) is 31.4 Å². The third-order valence-corrected chi connectivity index (χ3v) is 4.54. The Kier molecular flexibility index (Phi) is 6.60. The lowest BCUT2D eigenvalue weighted by molar-refractivity contribution is -0.135. The van der Waals surface area contributed by atoms with Crippen LogP contribution in [-0.4, -0.2) is 31.7 Å². The van der Waals surface area contributed by atoms with Crippen molar-refractivity contribution in [2.75, 3.05) is 19.7 Å². The Morgan fingerprint density at radius 3 is 2.52 bits per heavy atom. The van der Waals surface area contributed by atoms with Crippen LogP contribution >= 0.6 is 0 Å². The SMILES string of the molecule is O=C(NC(CCCc1ccccc1)c1ccccc1)C1CNCCO1. The lowest BCUT2D eigenvalue weighted by atomic mass is 9.98. The zero-order valence-electron chi connectivity index (χ0n) is 14.5. The molecule has 1 saturated heterocycles. The number of amides is 1. The number of carbonyl (C=O) groups is 1. The molecule has 1 heterocycles. The molecule has 1 amide bonds. The van der Waals surface area contributed by atoms with Gasteiger partial charge >= 0.3 is 0 Å². The highest BCUT2D eigenvalue weighted by Gasteiger charge is 2.24. The Bertz CT molecular complexity index is 639. The van der Waals surface area contributed by atoms with E-state index in [1.807, 2.05) is 24.3 Å². The molecule has 2 unspecified atom stereocenters. The third kappa shape index (κ3) is 5.41. The molecular weight excluding hydrogens is 312 g/mol. The van der Waals surface area contributed by atoms with Gasteiger partial charge in [0.15, 0.2) is 0 Å². The Morgan fingerprint density at radius 2 is 1.84 bits per heavy atom. The van der Waals surface area contributed by atoms with Crippen LogP contribution in [0.25, 0.3) is 0 Å². The summed E-state index contributed by atoms with van der Waals surface area (Å²) < 4.78 is 5.58.